The van der Waals surface area contributed by atoms with E-state index < -0.39 is 0 Å². The highest BCUT2D eigenvalue weighted by Crippen LogP contribution is 2.46. The van der Waals surface area contributed by atoms with Crippen LogP contribution in [0.4, 0.5) is 0 Å². The summed E-state index contributed by atoms with van der Waals surface area (Å²) >= 11 is 0. The van der Waals surface area contributed by atoms with Crippen LogP contribution in [0, 0.1) is 29.6 Å². The van der Waals surface area contributed by atoms with Crippen LogP contribution in [0.25, 0.3) is 0 Å². The van der Waals surface area contributed by atoms with Crippen LogP contribution in [-0.2, 0) is 0 Å². The fourth-order valence-corrected chi connectivity index (χ4v) is 1.74. The van der Waals surface area contributed by atoms with E-state index in [0.717, 1.165) is 24.2 Å². The third kappa shape index (κ3) is 0.852. The SMILES string of the molecule is CC1CC1C1C#CCC1. The van der Waals surface area contributed by atoms with Crippen LogP contribution in [0.1, 0.15) is 26.2 Å². The second-order valence-electron chi connectivity index (χ2n) is 3.34. The molecule has 2 rings (SSSR count). The first-order valence-electron chi connectivity index (χ1n) is 3.86. The Balaban J connectivity index is 1.95. The van der Waals surface area contributed by atoms with Crippen LogP contribution in [0.5, 0.6) is 0 Å². The topological polar surface area (TPSA) is 0 Å². The Labute approximate surface area is 56.6 Å². The summed E-state index contributed by atoms with van der Waals surface area (Å²) < 4.78 is 0. The minimum absolute atomic E-state index is 0.792. The summed E-state index contributed by atoms with van der Waals surface area (Å²) in [5.41, 5.74) is 0. The Morgan fingerprint density at radius 3 is 2.67 bits per heavy atom. The van der Waals surface area contributed by atoms with Crippen LogP contribution in [0.15, 0.2) is 0 Å². The van der Waals surface area contributed by atoms with E-state index in [0.29, 0.717) is 0 Å². The average molecular weight is 120 g/mol. The van der Waals surface area contributed by atoms with Crippen molar-refractivity contribution in [2.24, 2.45) is 17.8 Å². The highest BCUT2D eigenvalue weighted by atomic mass is 14.4. The maximum absolute atomic E-state index is 3.30. The van der Waals surface area contributed by atoms with Crippen LogP contribution in [-0.4, -0.2) is 0 Å². The average Bonchev–Trinajstić information content (AvgIpc) is 2.44. The minimum Gasteiger partial charge on any atom is -0.103 e. The van der Waals surface area contributed by atoms with Gasteiger partial charge in [0.1, 0.15) is 0 Å². The van der Waals surface area contributed by atoms with Gasteiger partial charge in [-0.15, -0.1) is 5.92 Å². The van der Waals surface area contributed by atoms with E-state index >= 15 is 0 Å². The second-order valence-corrected chi connectivity index (χ2v) is 3.34. The van der Waals surface area contributed by atoms with Crippen molar-refractivity contribution in [1.82, 2.24) is 0 Å². The van der Waals surface area contributed by atoms with E-state index in [1.807, 2.05) is 0 Å². The summed E-state index contributed by atoms with van der Waals surface area (Å²) in [5, 5.41) is 0. The molecule has 0 aromatic rings. The Kier molecular flexibility index (Phi) is 1.05. The van der Waals surface area contributed by atoms with Gasteiger partial charge in [-0.05, 0) is 24.7 Å². The lowest BCUT2D eigenvalue weighted by atomic mass is 10.0. The van der Waals surface area contributed by atoms with E-state index in [4.69, 9.17) is 0 Å². The fraction of sp³-hybridized carbons (Fsp3) is 0.778. The lowest BCUT2D eigenvalue weighted by Crippen LogP contribution is -1.95. The number of hydrogen-bond donors (Lipinski definition) is 0. The van der Waals surface area contributed by atoms with Gasteiger partial charge in [-0.1, -0.05) is 12.8 Å². The first-order chi connectivity index (χ1) is 4.38. The first kappa shape index (κ1) is 5.35. The molecule has 2 aliphatic rings. The van der Waals surface area contributed by atoms with E-state index in [1.165, 1.54) is 12.8 Å². The van der Waals surface area contributed by atoms with E-state index in [-0.39, 0.29) is 0 Å². The van der Waals surface area contributed by atoms with Gasteiger partial charge in [-0.2, -0.15) is 0 Å². The predicted octanol–water partition coefficient (Wildman–Crippen LogP) is 2.06. The molecule has 0 spiro atoms. The molecule has 9 heavy (non-hydrogen) atoms. The molecular formula is C9H12. The minimum atomic E-state index is 0.792. The molecule has 0 radical (unpaired) electrons. The molecule has 0 aromatic carbocycles. The largest absolute Gasteiger partial charge is 0.103 e. The molecule has 0 aliphatic heterocycles. The summed E-state index contributed by atoms with van der Waals surface area (Å²) in [5.74, 6) is 9.23. The van der Waals surface area contributed by atoms with Crippen molar-refractivity contribution in [2.45, 2.75) is 26.2 Å². The molecular weight excluding hydrogens is 108 g/mol. The van der Waals surface area contributed by atoms with Crippen molar-refractivity contribution in [3.8, 4) is 11.8 Å². The Bertz CT molecular complexity index is 170. The smallest absolute Gasteiger partial charge is 0.0242 e. The maximum atomic E-state index is 3.30. The standard InChI is InChI=1S/C9H12/c1-7-6-9(7)8-4-2-3-5-8/h7-9H,2,4,6H2,1H3. The van der Waals surface area contributed by atoms with Gasteiger partial charge >= 0.3 is 0 Å². The van der Waals surface area contributed by atoms with Gasteiger partial charge in [0.25, 0.3) is 0 Å². The van der Waals surface area contributed by atoms with Crippen molar-refractivity contribution >= 4 is 0 Å². The molecule has 0 aromatic heterocycles. The molecule has 0 nitrogen and oxygen atoms in total. The van der Waals surface area contributed by atoms with Crippen LogP contribution in [0.3, 0.4) is 0 Å². The molecule has 0 heterocycles. The van der Waals surface area contributed by atoms with Crippen molar-refractivity contribution in [2.75, 3.05) is 0 Å². The van der Waals surface area contributed by atoms with Gasteiger partial charge in [0.2, 0.25) is 0 Å². The second kappa shape index (κ2) is 1.77. The van der Waals surface area contributed by atoms with Crippen molar-refractivity contribution in [3.05, 3.63) is 0 Å². The number of rotatable bonds is 1. The van der Waals surface area contributed by atoms with E-state index in [9.17, 15) is 0 Å². The Morgan fingerprint density at radius 1 is 1.44 bits per heavy atom. The molecule has 0 heteroatoms. The molecule has 3 unspecified atom stereocenters. The molecule has 0 saturated heterocycles. The highest BCUT2D eigenvalue weighted by molar-refractivity contribution is 5.14. The van der Waals surface area contributed by atoms with Gasteiger partial charge < -0.3 is 0 Å². The zero-order valence-corrected chi connectivity index (χ0v) is 5.85. The molecule has 1 fully saturated rings. The van der Waals surface area contributed by atoms with Crippen LogP contribution in [0.2, 0.25) is 0 Å². The molecule has 3 atom stereocenters. The Morgan fingerprint density at radius 2 is 2.22 bits per heavy atom. The van der Waals surface area contributed by atoms with Crippen LogP contribution < -0.4 is 0 Å². The van der Waals surface area contributed by atoms with Crippen molar-refractivity contribution in [3.63, 3.8) is 0 Å². The number of hydrogen-bond acceptors (Lipinski definition) is 0. The summed E-state index contributed by atoms with van der Waals surface area (Å²) in [6.07, 6.45) is 3.93. The third-order valence-electron chi connectivity index (χ3n) is 2.56. The van der Waals surface area contributed by atoms with Gasteiger partial charge in [-0.3, -0.25) is 0 Å². The van der Waals surface area contributed by atoms with Crippen molar-refractivity contribution < 1.29 is 0 Å². The normalized spacial score (nSPS) is 46.1. The highest BCUT2D eigenvalue weighted by Gasteiger charge is 2.38. The lowest BCUT2D eigenvalue weighted by Gasteiger charge is -2.00. The van der Waals surface area contributed by atoms with Gasteiger partial charge in [0.05, 0.1) is 0 Å². The molecule has 48 valence electrons. The predicted molar refractivity (Wildman–Crippen MR) is 37.8 cm³/mol. The zero-order valence-electron chi connectivity index (χ0n) is 5.85. The van der Waals surface area contributed by atoms with Gasteiger partial charge in [-0.25, -0.2) is 0 Å². The van der Waals surface area contributed by atoms with E-state index in [2.05, 4.69) is 18.8 Å². The molecule has 2 aliphatic carbocycles. The summed E-state index contributed by atoms with van der Waals surface area (Å²) in [6.45, 7) is 2.34. The molecule has 0 amide bonds. The zero-order chi connectivity index (χ0) is 6.27. The summed E-state index contributed by atoms with van der Waals surface area (Å²) in [6, 6.07) is 0. The van der Waals surface area contributed by atoms with Crippen LogP contribution >= 0.6 is 0 Å². The van der Waals surface area contributed by atoms with Crippen molar-refractivity contribution in [1.29, 1.82) is 0 Å². The third-order valence-corrected chi connectivity index (χ3v) is 2.56. The summed E-state index contributed by atoms with van der Waals surface area (Å²) in [4.78, 5) is 0. The molecule has 0 N–H and O–H groups in total. The molecule has 0 bridgehead atoms. The van der Waals surface area contributed by atoms with E-state index in [1.54, 1.807) is 0 Å². The summed E-state index contributed by atoms with van der Waals surface area (Å²) in [7, 11) is 0. The Hall–Kier alpha value is -0.440. The van der Waals surface area contributed by atoms with Gasteiger partial charge in [0.15, 0.2) is 0 Å². The lowest BCUT2D eigenvalue weighted by molar-refractivity contribution is 0.538. The maximum Gasteiger partial charge on any atom is 0.0242 e. The monoisotopic (exact) mass is 120 g/mol. The van der Waals surface area contributed by atoms with Gasteiger partial charge in [0, 0.05) is 12.3 Å². The molecule has 1 saturated carbocycles. The fourth-order valence-electron chi connectivity index (χ4n) is 1.74. The first-order valence-corrected chi connectivity index (χ1v) is 3.86. The quantitative estimate of drug-likeness (QED) is 0.465.